The number of hydrogen-bond acceptors (Lipinski definition) is 3. The Hall–Kier alpha value is -2.14. The molecule has 0 spiro atoms. The Bertz CT molecular complexity index is 562. The molecule has 0 atom stereocenters. The predicted octanol–water partition coefficient (Wildman–Crippen LogP) is 1.47. The smallest absolute Gasteiger partial charge is 0.251 e. The van der Waals surface area contributed by atoms with E-state index in [2.05, 4.69) is 23.4 Å². The minimum absolute atomic E-state index is 0.412. The van der Waals surface area contributed by atoms with Gasteiger partial charge in [0.05, 0.1) is 17.4 Å². The van der Waals surface area contributed by atoms with Crippen molar-refractivity contribution in [2.24, 2.45) is 5.73 Å². The number of nitrogens with one attached hydrogen (secondary N) is 1. The third-order valence-corrected chi connectivity index (χ3v) is 2.80. The average Bonchev–Trinajstić information content (AvgIpc) is 2.89. The van der Waals surface area contributed by atoms with Crippen molar-refractivity contribution < 1.29 is 4.79 Å². The summed E-state index contributed by atoms with van der Waals surface area (Å²) in [5.41, 5.74) is 7.73. The van der Waals surface area contributed by atoms with E-state index >= 15 is 0 Å². The molecule has 19 heavy (non-hydrogen) atoms. The Morgan fingerprint density at radius 2 is 2.32 bits per heavy atom. The number of benzene rings is 1. The van der Waals surface area contributed by atoms with Gasteiger partial charge in [-0.25, -0.2) is 4.68 Å². The molecule has 0 unspecified atom stereocenters. The highest BCUT2D eigenvalue weighted by molar-refractivity contribution is 5.92. The maximum absolute atomic E-state index is 11.0. The van der Waals surface area contributed by atoms with Gasteiger partial charge in [-0.3, -0.25) is 4.79 Å². The monoisotopic (exact) mass is 258 g/mol. The molecular formula is C14H18N4O. The molecule has 1 aromatic carbocycles. The molecule has 1 amide bonds. The van der Waals surface area contributed by atoms with Gasteiger partial charge >= 0.3 is 0 Å². The van der Waals surface area contributed by atoms with E-state index < -0.39 is 5.91 Å². The zero-order valence-corrected chi connectivity index (χ0v) is 11.0. The van der Waals surface area contributed by atoms with Crippen LogP contribution in [0, 0.1) is 0 Å². The zero-order valence-electron chi connectivity index (χ0n) is 11.0. The van der Waals surface area contributed by atoms with Crippen molar-refractivity contribution in [2.45, 2.75) is 19.9 Å². The molecule has 1 heterocycles. The van der Waals surface area contributed by atoms with E-state index in [0.717, 1.165) is 25.2 Å². The van der Waals surface area contributed by atoms with E-state index in [1.807, 2.05) is 18.2 Å². The molecule has 0 radical (unpaired) electrons. The first-order valence-corrected chi connectivity index (χ1v) is 6.35. The lowest BCUT2D eigenvalue weighted by Crippen LogP contribution is -2.13. The minimum Gasteiger partial charge on any atom is -0.366 e. The van der Waals surface area contributed by atoms with Crippen LogP contribution in [-0.2, 0) is 6.54 Å². The molecule has 0 aliphatic heterocycles. The standard InChI is InChI=1S/C14H18N4O/c1-2-6-16-8-11-4-3-5-13(7-11)18-10-12(9-17-18)14(15)19/h3-5,7,9-10,16H,2,6,8H2,1H3,(H2,15,19). The summed E-state index contributed by atoms with van der Waals surface area (Å²) >= 11 is 0. The summed E-state index contributed by atoms with van der Waals surface area (Å²) in [7, 11) is 0. The van der Waals surface area contributed by atoms with E-state index in [1.165, 1.54) is 11.8 Å². The molecule has 0 bridgehead atoms. The van der Waals surface area contributed by atoms with Crippen molar-refractivity contribution in [1.29, 1.82) is 0 Å². The molecule has 1 aromatic heterocycles. The van der Waals surface area contributed by atoms with Gasteiger partial charge in [0.1, 0.15) is 0 Å². The number of amides is 1. The van der Waals surface area contributed by atoms with Crippen molar-refractivity contribution in [3.63, 3.8) is 0 Å². The summed E-state index contributed by atoms with van der Waals surface area (Å²) in [6.45, 7) is 3.96. The minimum atomic E-state index is -0.466. The fourth-order valence-electron chi connectivity index (χ4n) is 1.81. The highest BCUT2D eigenvalue weighted by Gasteiger charge is 2.05. The van der Waals surface area contributed by atoms with Crippen molar-refractivity contribution in [1.82, 2.24) is 15.1 Å². The molecule has 5 nitrogen and oxygen atoms in total. The van der Waals surface area contributed by atoms with Crippen LogP contribution in [0.4, 0.5) is 0 Å². The molecule has 0 aliphatic rings. The van der Waals surface area contributed by atoms with Crippen LogP contribution in [0.1, 0.15) is 29.3 Å². The second kappa shape index (κ2) is 6.15. The van der Waals surface area contributed by atoms with Crippen LogP contribution in [0.25, 0.3) is 5.69 Å². The van der Waals surface area contributed by atoms with Gasteiger partial charge in [-0.2, -0.15) is 5.10 Å². The van der Waals surface area contributed by atoms with Gasteiger partial charge in [-0.05, 0) is 30.7 Å². The topological polar surface area (TPSA) is 72.9 Å². The highest BCUT2D eigenvalue weighted by Crippen LogP contribution is 2.11. The largest absolute Gasteiger partial charge is 0.366 e. The molecule has 3 N–H and O–H groups in total. The van der Waals surface area contributed by atoms with Crippen LogP contribution in [0.2, 0.25) is 0 Å². The van der Waals surface area contributed by atoms with Gasteiger partial charge in [0.2, 0.25) is 0 Å². The summed E-state index contributed by atoms with van der Waals surface area (Å²) in [4.78, 5) is 11.0. The summed E-state index contributed by atoms with van der Waals surface area (Å²) in [5.74, 6) is -0.466. The molecule has 0 saturated carbocycles. The van der Waals surface area contributed by atoms with E-state index in [-0.39, 0.29) is 0 Å². The van der Waals surface area contributed by atoms with Crippen LogP contribution in [-0.4, -0.2) is 22.2 Å². The van der Waals surface area contributed by atoms with Crippen LogP contribution in [0.15, 0.2) is 36.7 Å². The van der Waals surface area contributed by atoms with Crippen LogP contribution >= 0.6 is 0 Å². The zero-order chi connectivity index (χ0) is 13.7. The SMILES string of the molecule is CCCNCc1cccc(-n2cc(C(N)=O)cn2)c1. The first-order valence-electron chi connectivity index (χ1n) is 6.35. The molecule has 0 fully saturated rings. The molecule has 2 aromatic rings. The molecule has 0 saturated heterocycles. The number of nitrogens with two attached hydrogens (primary N) is 1. The first kappa shape index (κ1) is 13.3. The number of rotatable bonds is 6. The summed E-state index contributed by atoms with van der Waals surface area (Å²) in [6, 6.07) is 8.02. The van der Waals surface area contributed by atoms with Crippen molar-refractivity contribution in [2.75, 3.05) is 6.54 Å². The van der Waals surface area contributed by atoms with E-state index in [0.29, 0.717) is 5.56 Å². The number of primary amides is 1. The van der Waals surface area contributed by atoms with Crippen molar-refractivity contribution in [3.05, 3.63) is 47.8 Å². The van der Waals surface area contributed by atoms with Gasteiger partial charge in [0.25, 0.3) is 5.91 Å². The lowest BCUT2D eigenvalue weighted by Gasteiger charge is -2.06. The molecule has 5 heteroatoms. The normalized spacial score (nSPS) is 10.6. The number of aromatic nitrogens is 2. The molecule has 100 valence electrons. The fourth-order valence-corrected chi connectivity index (χ4v) is 1.81. The van der Waals surface area contributed by atoms with Crippen molar-refractivity contribution >= 4 is 5.91 Å². The van der Waals surface area contributed by atoms with Crippen LogP contribution < -0.4 is 11.1 Å². The number of carbonyl (C=O) groups excluding carboxylic acids is 1. The summed E-state index contributed by atoms with van der Waals surface area (Å²) < 4.78 is 1.66. The number of carbonyl (C=O) groups is 1. The van der Waals surface area contributed by atoms with Gasteiger partial charge in [-0.1, -0.05) is 19.1 Å². The van der Waals surface area contributed by atoms with E-state index in [9.17, 15) is 4.79 Å². The highest BCUT2D eigenvalue weighted by atomic mass is 16.1. The quantitative estimate of drug-likeness (QED) is 0.771. The van der Waals surface area contributed by atoms with E-state index in [4.69, 9.17) is 5.73 Å². The second-order valence-corrected chi connectivity index (χ2v) is 4.38. The summed E-state index contributed by atoms with van der Waals surface area (Å²) in [5, 5.41) is 7.49. The van der Waals surface area contributed by atoms with Crippen LogP contribution in [0.5, 0.6) is 0 Å². The second-order valence-electron chi connectivity index (χ2n) is 4.38. The average molecular weight is 258 g/mol. The van der Waals surface area contributed by atoms with Gasteiger partial charge in [0, 0.05) is 12.7 Å². The van der Waals surface area contributed by atoms with E-state index in [1.54, 1.807) is 10.9 Å². The summed E-state index contributed by atoms with van der Waals surface area (Å²) in [6.07, 6.45) is 4.23. The van der Waals surface area contributed by atoms with Crippen molar-refractivity contribution in [3.8, 4) is 5.69 Å². The molecular weight excluding hydrogens is 240 g/mol. The number of nitrogens with zero attached hydrogens (tertiary/aromatic N) is 2. The molecule has 0 aliphatic carbocycles. The number of hydrogen-bond donors (Lipinski definition) is 2. The predicted molar refractivity (Wildman–Crippen MR) is 74.1 cm³/mol. The lowest BCUT2D eigenvalue weighted by molar-refractivity contribution is 0.100. The maximum Gasteiger partial charge on any atom is 0.251 e. The third-order valence-electron chi connectivity index (χ3n) is 2.80. The lowest BCUT2D eigenvalue weighted by atomic mass is 10.2. The molecule has 2 rings (SSSR count). The maximum atomic E-state index is 11.0. The van der Waals surface area contributed by atoms with Crippen LogP contribution in [0.3, 0.4) is 0 Å². The Morgan fingerprint density at radius 1 is 1.47 bits per heavy atom. The first-order chi connectivity index (χ1) is 9.20. The Labute approximate surface area is 112 Å². The third kappa shape index (κ3) is 3.42. The Morgan fingerprint density at radius 3 is 3.00 bits per heavy atom. The van der Waals surface area contributed by atoms with Gasteiger partial charge < -0.3 is 11.1 Å². The Balaban J connectivity index is 2.15. The fraction of sp³-hybridized carbons (Fsp3) is 0.286. The Kier molecular flexibility index (Phi) is 4.30. The van der Waals surface area contributed by atoms with Gasteiger partial charge in [0.15, 0.2) is 0 Å². The van der Waals surface area contributed by atoms with Gasteiger partial charge in [-0.15, -0.1) is 0 Å².